The number of halogens is 3. The van der Waals surface area contributed by atoms with Crippen molar-refractivity contribution in [3.63, 3.8) is 0 Å². The van der Waals surface area contributed by atoms with Crippen molar-refractivity contribution in [2.75, 3.05) is 5.73 Å². The summed E-state index contributed by atoms with van der Waals surface area (Å²) in [5, 5.41) is 0.612. The van der Waals surface area contributed by atoms with E-state index >= 15 is 0 Å². The van der Waals surface area contributed by atoms with E-state index in [0.29, 0.717) is 19.4 Å². The monoisotopic (exact) mass is 277 g/mol. The van der Waals surface area contributed by atoms with E-state index in [1.54, 1.807) is 24.3 Å². The molecule has 2 rings (SSSR count). The molecule has 0 fully saturated rings. The molecular formula is C10H6Cl3NS. The summed E-state index contributed by atoms with van der Waals surface area (Å²) in [7, 11) is 0. The maximum absolute atomic E-state index is 6.06. The molecule has 2 aromatic rings. The van der Waals surface area contributed by atoms with Crippen molar-refractivity contribution >= 4 is 51.8 Å². The molecule has 0 aliphatic carbocycles. The minimum absolute atomic E-state index is 0.612. The van der Waals surface area contributed by atoms with Crippen molar-refractivity contribution in [1.82, 2.24) is 0 Å². The number of thiophene rings is 1. The van der Waals surface area contributed by atoms with Crippen LogP contribution in [0.5, 0.6) is 0 Å². The van der Waals surface area contributed by atoms with Gasteiger partial charge >= 0.3 is 0 Å². The molecule has 15 heavy (non-hydrogen) atoms. The minimum atomic E-state index is 0.612. The summed E-state index contributed by atoms with van der Waals surface area (Å²) in [5.41, 5.74) is 7.97. The molecule has 0 bridgehead atoms. The highest BCUT2D eigenvalue weighted by molar-refractivity contribution is 7.20. The molecule has 1 heterocycles. The number of benzene rings is 1. The first-order valence-corrected chi connectivity index (χ1v) is 6.03. The molecular weight excluding hydrogens is 273 g/mol. The summed E-state index contributed by atoms with van der Waals surface area (Å²) in [4.78, 5) is 0. The summed E-state index contributed by atoms with van der Waals surface area (Å²) >= 11 is 19.3. The van der Waals surface area contributed by atoms with E-state index in [-0.39, 0.29) is 0 Å². The Morgan fingerprint density at radius 3 is 2.33 bits per heavy atom. The van der Waals surface area contributed by atoms with Crippen LogP contribution >= 0.6 is 46.1 Å². The maximum Gasteiger partial charge on any atom is 0.102 e. The van der Waals surface area contributed by atoms with E-state index < -0.39 is 0 Å². The van der Waals surface area contributed by atoms with Gasteiger partial charge in [-0.15, -0.1) is 11.3 Å². The first-order valence-electron chi connectivity index (χ1n) is 4.08. The molecule has 1 aromatic heterocycles. The van der Waals surface area contributed by atoms with E-state index in [4.69, 9.17) is 40.5 Å². The smallest absolute Gasteiger partial charge is 0.102 e. The van der Waals surface area contributed by atoms with Gasteiger partial charge < -0.3 is 5.73 Å². The molecule has 0 unspecified atom stereocenters. The fourth-order valence-corrected chi connectivity index (χ4v) is 2.98. The maximum atomic E-state index is 6.06. The lowest BCUT2D eigenvalue weighted by Crippen LogP contribution is -1.85. The first kappa shape index (κ1) is 11.1. The van der Waals surface area contributed by atoms with E-state index in [9.17, 15) is 0 Å². The lowest BCUT2D eigenvalue weighted by Gasteiger charge is -2.03. The van der Waals surface area contributed by atoms with Gasteiger partial charge in [0, 0.05) is 21.8 Å². The van der Waals surface area contributed by atoms with Gasteiger partial charge in [0.1, 0.15) is 4.34 Å². The van der Waals surface area contributed by atoms with Crippen molar-refractivity contribution < 1.29 is 0 Å². The van der Waals surface area contributed by atoms with Crippen molar-refractivity contribution in [1.29, 1.82) is 0 Å². The summed E-state index contributed by atoms with van der Waals surface area (Å²) in [5.74, 6) is 0. The van der Waals surface area contributed by atoms with Crippen molar-refractivity contribution in [3.05, 3.63) is 38.0 Å². The molecule has 1 aromatic carbocycles. The number of hydrogen-bond donors (Lipinski definition) is 1. The van der Waals surface area contributed by atoms with Crippen LogP contribution in [-0.2, 0) is 0 Å². The van der Waals surface area contributed by atoms with Crippen LogP contribution in [0, 0.1) is 0 Å². The topological polar surface area (TPSA) is 26.0 Å². The number of hydrogen-bond acceptors (Lipinski definition) is 2. The summed E-state index contributed by atoms with van der Waals surface area (Å²) < 4.78 is 1.25. The lowest BCUT2D eigenvalue weighted by molar-refractivity contribution is 1.66. The highest BCUT2D eigenvalue weighted by atomic mass is 35.5. The Bertz CT molecular complexity index is 507. The predicted octanol–water partition coefficient (Wildman–Crippen LogP) is 4.96. The highest BCUT2D eigenvalue weighted by Crippen LogP contribution is 2.41. The quantitative estimate of drug-likeness (QED) is 0.733. The Morgan fingerprint density at radius 2 is 1.73 bits per heavy atom. The zero-order chi connectivity index (χ0) is 11.0. The average molecular weight is 279 g/mol. The zero-order valence-electron chi connectivity index (χ0n) is 7.43. The van der Waals surface area contributed by atoms with Crippen LogP contribution in [0.1, 0.15) is 0 Å². The number of nitrogen functional groups attached to an aromatic ring is 1. The normalized spacial score (nSPS) is 10.6. The van der Waals surface area contributed by atoms with E-state index in [1.165, 1.54) is 11.3 Å². The van der Waals surface area contributed by atoms with Gasteiger partial charge in [-0.05, 0) is 24.3 Å². The van der Waals surface area contributed by atoms with Crippen LogP contribution in [0.3, 0.4) is 0 Å². The van der Waals surface area contributed by atoms with Crippen molar-refractivity contribution in [2.45, 2.75) is 0 Å². The third-order valence-corrected chi connectivity index (χ3v) is 3.75. The van der Waals surface area contributed by atoms with Crippen LogP contribution in [0.15, 0.2) is 24.3 Å². The van der Waals surface area contributed by atoms with Gasteiger partial charge in [0.15, 0.2) is 0 Å². The molecule has 2 N–H and O–H groups in total. The number of nitrogens with two attached hydrogens (primary N) is 1. The number of rotatable bonds is 1. The van der Waals surface area contributed by atoms with E-state index in [0.717, 1.165) is 11.1 Å². The molecule has 78 valence electrons. The molecule has 1 nitrogen and oxygen atoms in total. The van der Waals surface area contributed by atoms with Crippen LogP contribution in [0.4, 0.5) is 5.69 Å². The van der Waals surface area contributed by atoms with Crippen LogP contribution in [0.25, 0.3) is 11.1 Å². The third kappa shape index (κ3) is 2.23. The van der Waals surface area contributed by atoms with Gasteiger partial charge in [0.05, 0.1) is 4.34 Å². The second-order valence-corrected chi connectivity index (χ2v) is 5.67. The molecule has 0 saturated heterocycles. The molecule has 0 aliphatic heterocycles. The largest absolute Gasteiger partial charge is 0.399 e. The SMILES string of the molecule is Nc1ccc(Cl)c(-c2cc(Cl)sc2Cl)c1. The minimum Gasteiger partial charge on any atom is -0.399 e. The third-order valence-electron chi connectivity index (χ3n) is 1.94. The average Bonchev–Trinajstić information content (AvgIpc) is 2.50. The second kappa shape index (κ2) is 4.22. The van der Waals surface area contributed by atoms with Gasteiger partial charge in [0.25, 0.3) is 0 Å². The van der Waals surface area contributed by atoms with Crippen LogP contribution in [0.2, 0.25) is 13.7 Å². The summed E-state index contributed by atoms with van der Waals surface area (Å²) in [6.07, 6.45) is 0. The lowest BCUT2D eigenvalue weighted by atomic mass is 10.1. The summed E-state index contributed by atoms with van der Waals surface area (Å²) in [6, 6.07) is 7.06. The molecule has 0 aliphatic rings. The first-order chi connectivity index (χ1) is 7.08. The van der Waals surface area contributed by atoms with Crippen molar-refractivity contribution in [3.8, 4) is 11.1 Å². The van der Waals surface area contributed by atoms with Crippen molar-refractivity contribution in [2.24, 2.45) is 0 Å². The van der Waals surface area contributed by atoms with E-state index in [1.807, 2.05) is 0 Å². The zero-order valence-corrected chi connectivity index (χ0v) is 10.5. The van der Waals surface area contributed by atoms with Crippen LogP contribution < -0.4 is 5.73 Å². The molecule has 0 amide bonds. The van der Waals surface area contributed by atoms with Gasteiger partial charge in [-0.1, -0.05) is 34.8 Å². The molecule has 0 radical (unpaired) electrons. The van der Waals surface area contributed by atoms with Gasteiger partial charge in [-0.25, -0.2) is 0 Å². The molecule has 0 atom stereocenters. The molecule has 0 saturated carbocycles. The Hall–Kier alpha value is -0.410. The molecule has 0 spiro atoms. The highest BCUT2D eigenvalue weighted by Gasteiger charge is 2.11. The number of anilines is 1. The summed E-state index contributed by atoms with van der Waals surface area (Å²) in [6.45, 7) is 0. The van der Waals surface area contributed by atoms with Gasteiger partial charge in [0.2, 0.25) is 0 Å². The Labute approximate surface area is 106 Å². The Kier molecular flexibility index (Phi) is 3.12. The fourth-order valence-electron chi connectivity index (χ4n) is 1.27. The van der Waals surface area contributed by atoms with E-state index in [2.05, 4.69) is 0 Å². The molecule has 5 heteroatoms. The van der Waals surface area contributed by atoms with Gasteiger partial charge in [-0.2, -0.15) is 0 Å². The predicted molar refractivity (Wildman–Crippen MR) is 69.2 cm³/mol. The Morgan fingerprint density at radius 1 is 1.00 bits per heavy atom. The Balaban J connectivity index is 2.62. The van der Waals surface area contributed by atoms with Gasteiger partial charge in [-0.3, -0.25) is 0 Å². The fraction of sp³-hybridized carbons (Fsp3) is 0. The van der Waals surface area contributed by atoms with Crippen LogP contribution in [-0.4, -0.2) is 0 Å². The standard InChI is InChI=1S/C10H6Cl3NS/c11-8-2-1-5(14)3-6(8)7-4-9(12)15-10(7)13/h1-4H,14H2. The second-order valence-electron chi connectivity index (χ2n) is 2.98.